The Morgan fingerprint density at radius 2 is 1.96 bits per heavy atom. The molecule has 3 aromatic rings. The SMILES string of the molecule is Cc1oc2c(OCC(=O)O)cccc2c1CCNS(=O)OCc1ccccc1. The zero-order valence-corrected chi connectivity index (χ0v) is 16.2. The van der Waals surface area contributed by atoms with Gasteiger partial charge in [-0.15, -0.1) is 0 Å². The first kappa shape index (κ1) is 20.1. The van der Waals surface area contributed by atoms with E-state index in [-0.39, 0.29) is 6.61 Å². The van der Waals surface area contributed by atoms with Crippen molar-refractivity contribution in [2.45, 2.75) is 20.0 Å². The second-order valence-electron chi connectivity index (χ2n) is 6.08. The number of para-hydroxylation sites is 1. The topological polar surface area (TPSA) is 98.0 Å². The third-order valence-corrected chi connectivity index (χ3v) is 4.88. The van der Waals surface area contributed by atoms with Gasteiger partial charge in [-0.1, -0.05) is 42.5 Å². The smallest absolute Gasteiger partial charge is 0.341 e. The van der Waals surface area contributed by atoms with Gasteiger partial charge < -0.3 is 14.3 Å². The van der Waals surface area contributed by atoms with Crippen molar-refractivity contribution >= 4 is 28.2 Å². The zero-order chi connectivity index (χ0) is 19.9. The molecule has 28 heavy (non-hydrogen) atoms. The molecule has 0 saturated heterocycles. The number of benzene rings is 2. The van der Waals surface area contributed by atoms with Crippen molar-refractivity contribution in [1.29, 1.82) is 0 Å². The maximum atomic E-state index is 12.0. The number of rotatable bonds is 10. The maximum Gasteiger partial charge on any atom is 0.341 e. The van der Waals surface area contributed by atoms with Gasteiger partial charge in [0.1, 0.15) is 5.76 Å². The Kier molecular flexibility index (Phi) is 6.80. The second-order valence-corrected chi connectivity index (χ2v) is 7.07. The van der Waals surface area contributed by atoms with Gasteiger partial charge in [-0.3, -0.25) is 4.18 Å². The van der Waals surface area contributed by atoms with Crippen LogP contribution in [0.1, 0.15) is 16.9 Å². The van der Waals surface area contributed by atoms with E-state index >= 15 is 0 Å². The van der Waals surface area contributed by atoms with Crippen LogP contribution in [-0.2, 0) is 33.3 Å². The standard InChI is InChI=1S/C20H21NO6S/c1-14-16(10-11-21-28(24)26-12-15-6-3-2-4-7-15)17-8-5-9-18(20(17)27-14)25-13-19(22)23/h2-9,21H,10-13H2,1H3,(H,22,23). The summed E-state index contributed by atoms with van der Waals surface area (Å²) >= 11 is -1.61. The fourth-order valence-corrected chi connectivity index (χ4v) is 3.42. The fraction of sp³-hybridized carbons (Fsp3) is 0.250. The number of carbonyl (C=O) groups is 1. The first-order valence-corrected chi connectivity index (χ1v) is 9.80. The first-order chi connectivity index (χ1) is 13.5. The molecule has 1 atom stereocenters. The Morgan fingerprint density at radius 1 is 1.18 bits per heavy atom. The molecule has 0 amide bonds. The Bertz CT molecular complexity index is 969. The fourth-order valence-electron chi connectivity index (χ4n) is 2.82. The number of hydrogen-bond acceptors (Lipinski definition) is 5. The van der Waals surface area contributed by atoms with Crippen LogP contribution in [0, 0.1) is 6.92 Å². The molecular formula is C20H21NO6S. The predicted molar refractivity (Wildman–Crippen MR) is 105 cm³/mol. The normalized spacial score (nSPS) is 12.2. The van der Waals surface area contributed by atoms with Crippen molar-refractivity contribution in [2.24, 2.45) is 0 Å². The van der Waals surface area contributed by atoms with Crippen LogP contribution < -0.4 is 9.46 Å². The molecular weight excluding hydrogens is 382 g/mol. The summed E-state index contributed by atoms with van der Waals surface area (Å²) in [6, 6.07) is 14.9. The van der Waals surface area contributed by atoms with Crippen molar-refractivity contribution in [3.8, 4) is 5.75 Å². The van der Waals surface area contributed by atoms with Gasteiger partial charge in [-0.05, 0) is 25.0 Å². The number of furan rings is 1. The number of carboxylic acids is 1. The van der Waals surface area contributed by atoms with E-state index in [1.54, 1.807) is 12.1 Å². The van der Waals surface area contributed by atoms with Crippen LogP contribution in [-0.4, -0.2) is 28.4 Å². The van der Waals surface area contributed by atoms with E-state index in [0.717, 1.165) is 16.5 Å². The van der Waals surface area contributed by atoms with Gasteiger partial charge in [0.05, 0.1) is 6.61 Å². The van der Waals surface area contributed by atoms with Gasteiger partial charge in [-0.2, -0.15) is 0 Å². The molecule has 0 aliphatic heterocycles. The van der Waals surface area contributed by atoms with Gasteiger partial charge >= 0.3 is 5.97 Å². The minimum atomic E-state index is -1.61. The van der Waals surface area contributed by atoms with Crippen molar-refractivity contribution < 1.29 is 27.4 Å². The highest BCUT2D eigenvalue weighted by Crippen LogP contribution is 2.32. The highest BCUT2D eigenvalue weighted by atomic mass is 32.2. The highest BCUT2D eigenvalue weighted by molar-refractivity contribution is 7.78. The lowest BCUT2D eigenvalue weighted by molar-refractivity contribution is -0.139. The Labute approximate surface area is 165 Å². The second kappa shape index (κ2) is 9.50. The molecule has 0 spiro atoms. The number of fused-ring (bicyclic) bond motifs is 1. The lowest BCUT2D eigenvalue weighted by atomic mass is 10.1. The molecule has 0 aliphatic rings. The first-order valence-electron chi connectivity index (χ1n) is 8.72. The molecule has 0 bridgehead atoms. The van der Waals surface area contributed by atoms with E-state index in [9.17, 15) is 9.00 Å². The molecule has 8 heteroatoms. The lowest BCUT2D eigenvalue weighted by Gasteiger charge is -2.06. The molecule has 148 valence electrons. The van der Waals surface area contributed by atoms with Crippen molar-refractivity contribution in [3.05, 3.63) is 65.4 Å². The molecule has 0 fully saturated rings. The zero-order valence-electron chi connectivity index (χ0n) is 15.3. The Hall–Kier alpha value is -2.68. The number of nitrogens with one attached hydrogen (secondary N) is 1. The van der Waals surface area contributed by atoms with Crippen LogP contribution in [0.4, 0.5) is 0 Å². The van der Waals surface area contributed by atoms with Crippen molar-refractivity contribution in [1.82, 2.24) is 4.72 Å². The van der Waals surface area contributed by atoms with Crippen LogP contribution in [0.5, 0.6) is 5.75 Å². The molecule has 1 unspecified atom stereocenters. The molecule has 0 saturated carbocycles. The number of aryl methyl sites for hydroxylation is 1. The molecule has 3 rings (SSSR count). The van der Waals surface area contributed by atoms with Gasteiger partial charge in [0, 0.05) is 17.5 Å². The molecule has 2 aromatic carbocycles. The summed E-state index contributed by atoms with van der Waals surface area (Å²) < 4.78 is 31.2. The third kappa shape index (κ3) is 5.19. The molecule has 0 radical (unpaired) electrons. The maximum absolute atomic E-state index is 12.0. The summed E-state index contributed by atoms with van der Waals surface area (Å²) in [7, 11) is 0. The molecule has 2 N–H and O–H groups in total. The number of carboxylic acid groups (broad SMARTS) is 1. The molecule has 1 heterocycles. The van der Waals surface area contributed by atoms with Gasteiger partial charge in [0.15, 0.2) is 17.9 Å². The summed E-state index contributed by atoms with van der Waals surface area (Å²) in [5, 5.41) is 9.63. The summed E-state index contributed by atoms with van der Waals surface area (Å²) in [6.07, 6.45) is 0.571. The van der Waals surface area contributed by atoms with Crippen LogP contribution >= 0.6 is 0 Å². The third-order valence-electron chi connectivity index (χ3n) is 4.11. The van der Waals surface area contributed by atoms with Crippen molar-refractivity contribution in [2.75, 3.05) is 13.2 Å². The van der Waals surface area contributed by atoms with E-state index in [0.29, 0.717) is 30.1 Å². The summed E-state index contributed by atoms with van der Waals surface area (Å²) in [6.45, 7) is 2.09. The van der Waals surface area contributed by atoms with E-state index in [1.165, 1.54) is 0 Å². The number of hydrogen-bond donors (Lipinski definition) is 2. The predicted octanol–water partition coefficient (Wildman–Crippen LogP) is 3.13. The van der Waals surface area contributed by atoms with Crippen LogP contribution in [0.2, 0.25) is 0 Å². The van der Waals surface area contributed by atoms with Crippen LogP contribution in [0.15, 0.2) is 52.9 Å². The summed E-state index contributed by atoms with van der Waals surface area (Å²) in [4.78, 5) is 10.7. The van der Waals surface area contributed by atoms with E-state index in [4.69, 9.17) is 18.4 Å². The van der Waals surface area contributed by atoms with Gasteiger partial charge in [-0.25, -0.2) is 13.7 Å². The van der Waals surface area contributed by atoms with Crippen LogP contribution in [0.25, 0.3) is 11.0 Å². The minimum absolute atomic E-state index is 0.262. The average Bonchev–Trinajstić information content (AvgIpc) is 3.01. The van der Waals surface area contributed by atoms with Crippen LogP contribution in [0.3, 0.4) is 0 Å². The van der Waals surface area contributed by atoms with E-state index < -0.39 is 23.8 Å². The quantitative estimate of drug-likeness (QED) is 0.540. The summed E-state index contributed by atoms with van der Waals surface area (Å²) in [5.41, 5.74) is 2.41. The number of aliphatic carboxylic acids is 1. The average molecular weight is 403 g/mol. The molecule has 7 nitrogen and oxygen atoms in total. The largest absolute Gasteiger partial charge is 0.479 e. The lowest BCUT2D eigenvalue weighted by Crippen LogP contribution is -2.22. The monoisotopic (exact) mass is 403 g/mol. The van der Waals surface area contributed by atoms with E-state index in [2.05, 4.69) is 4.72 Å². The highest BCUT2D eigenvalue weighted by Gasteiger charge is 2.15. The van der Waals surface area contributed by atoms with E-state index in [1.807, 2.05) is 43.3 Å². The van der Waals surface area contributed by atoms with Gasteiger partial charge in [0.25, 0.3) is 0 Å². The number of ether oxygens (including phenoxy) is 1. The molecule has 1 aromatic heterocycles. The van der Waals surface area contributed by atoms with Gasteiger partial charge in [0.2, 0.25) is 11.3 Å². The Morgan fingerprint density at radius 3 is 2.71 bits per heavy atom. The minimum Gasteiger partial charge on any atom is -0.479 e. The Balaban J connectivity index is 1.58. The van der Waals surface area contributed by atoms with Crippen molar-refractivity contribution in [3.63, 3.8) is 0 Å². The summed E-state index contributed by atoms with van der Waals surface area (Å²) in [5.74, 6) is 0.0406. The molecule has 0 aliphatic carbocycles.